The van der Waals surface area contributed by atoms with Crippen molar-refractivity contribution in [3.8, 4) is 22.9 Å². The van der Waals surface area contributed by atoms with Crippen LogP contribution < -0.4 is 20.7 Å². The number of aromatic amines is 1. The largest absolute Gasteiger partial charge is 0.463 e. The van der Waals surface area contributed by atoms with E-state index < -0.39 is 11.8 Å². The third-order valence-electron chi connectivity index (χ3n) is 6.06. The van der Waals surface area contributed by atoms with E-state index >= 15 is 0 Å². The van der Waals surface area contributed by atoms with Gasteiger partial charge in [-0.15, -0.1) is 0 Å². The molecule has 4 rings (SSSR count). The summed E-state index contributed by atoms with van der Waals surface area (Å²) in [5, 5.41) is 7.93. The minimum atomic E-state index is -0.575. The van der Waals surface area contributed by atoms with E-state index in [-0.39, 0.29) is 30.6 Å². The molecule has 4 aromatic rings. The molecule has 3 amide bonds. The number of carbonyl (C=O) groups is 3. The predicted octanol–water partition coefficient (Wildman–Crippen LogP) is 5.66. The summed E-state index contributed by atoms with van der Waals surface area (Å²) in [6.45, 7) is 2.68. The maximum Gasteiger partial charge on any atom is 0.323 e. The molecule has 0 aliphatic rings. The molecule has 0 unspecified atom stereocenters. The zero-order valence-corrected chi connectivity index (χ0v) is 23.7. The van der Waals surface area contributed by atoms with E-state index in [1.165, 1.54) is 13.2 Å². The van der Waals surface area contributed by atoms with Gasteiger partial charge in [0.1, 0.15) is 23.9 Å². The van der Waals surface area contributed by atoms with Gasteiger partial charge >= 0.3 is 12.0 Å². The highest BCUT2D eigenvalue weighted by atomic mass is 19.1. The summed E-state index contributed by atoms with van der Waals surface area (Å²) < 4.78 is 29.7. The Balaban J connectivity index is 1.27. The maximum atomic E-state index is 13.9. The molecule has 43 heavy (non-hydrogen) atoms. The lowest BCUT2D eigenvalue weighted by Gasteiger charge is -2.10. The number of hydrogen-bond donors (Lipinski definition) is 4. The number of urea groups is 1. The summed E-state index contributed by atoms with van der Waals surface area (Å²) in [5.74, 6) is -0.118. The van der Waals surface area contributed by atoms with Crippen LogP contribution >= 0.6 is 0 Å². The highest BCUT2D eigenvalue weighted by Crippen LogP contribution is 2.27. The molecule has 12 heteroatoms. The molecule has 0 radical (unpaired) electrons. The molecule has 0 bridgehead atoms. The van der Waals surface area contributed by atoms with Gasteiger partial charge in [0.2, 0.25) is 0 Å². The Morgan fingerprint density at radius 3 is 2.56 bits per heavy atom. The van der Waals surface area contributed by atoms with Gasteiger partial charge in [0.15, 0.2) is 0 Å². The van der Waals surface area contributed by atoms with Gasteiger partial charge in [-0.3, -0.25) is 14.6 Å². The summed E-state index contributed by atoms with van der Waals surface area (Å²) in [4.78, 5) is 43.8. The number of carbonyl (C=O) groups excluding carboxylic acids is 3. The molecule has 4 N–H and O–H groups in total. The van der Waals surface area contributed by atoms with Crippen LogP contribution in [-0.2, 0) is 14.3 Å². The minimum absolute atomic E-state index is 0.0917. The van der Waals surface area contributed by atoms with Crippen molar-refractivity contribution in [3.63, 3.8) is 0 Å². The number of amides is 3. The molecule has 2 heterocycles. The Hall–Kier alpha value is -5.23. The first kappa shape index (κ1) is 30.7. The quantitative estimate of drug-likeness (QED) is 0.116. The van der Waals surface area contributed by atoms with Crippen LogP contribution in [0.15, 0.2) is 73.1 Å². The van der Waals surface area contributed by atoms with Crippen molar-refractivity contribution in [2.75, 3.05) is 37.5 Å². The van der Waals surface area contributed by atoms with Crippen molar-refractivity contribution in [3.05, 3.63) is 90.0 Å². The zero-order valence-electron chi connectivity index (χ0n) is 23.7. The minimum Gasteiger partial charge on any atom is -0.463 e. The Bertz CT molecular complexity index is 1560. The number of H-pyrrole nitrogens is 1. The van der Waals surface area contributed by atoms with Gasteiger partial charge in [0.25, 0.3) is 5.91 Å². The average molecular weight is 590 g/mol. The second kappa shape index (κ2) is 15.1. The van der Waals surface area contributed by atoms with E-state index in [4.69, 9.17) is 14.2 Å². The van der Waals surface area contributed by atoms with Gasteiger partial charge in [0, 0.05) is 44.2 Å². The van der Waals surface area contributed by atoms with Crippen LogP contribution in [0.4, 0.5) is 20.6 Å². The van der Waals surface area contributed by atoms with Crippen LogP contribution in [0.5, 0.6) is 11.5 Å². The van der Waals surface area contributed by atoms with Crippen LogP contribution in [0.3, 0.4) is 0 Å². The van der Waals surface area contributed by atoms with Crippen LogP contribution in [0.1, 0.15) is 28.8 Å². The maximum absolute atomic E-state index is 13.9. The third-order valence-corrected chi connectivity index (χ3v) is 6.06. The number of ether oxygens (including phenoxy) is 3. The number of hydrogen-bond acceptors (Lipinski definition) is 7. The first-order chi connectivity index (χ1) is 20.8. The van der Waals surface area contributed by atoms with E-state index in [0.717, 1.165) is 5.56 Å². The van der Waals surface area contributed by atoms with Gasteiger partial charge < -0.3 is 35.1 Å². The second-order valence-electron chi connectivity index (χ2n) is 9.44. The topological polar surface area (TPSA) is 144 Å². The van der Waals surface area contributed by atoms with Gasteiger partial charge in [-0.1, -0.05) is 6.07 Å². The summed E-state index contributed by atoms with van der Waals surface area (Å²) in [6.07, 6.45) is 3.81. The van der Waals surface area contributed by atoms with Crippen molar-refractivity contribution in [2.45, 2.75) is 19.8 Å². The molecule has 224 valence electrons. The standard InChI is InChI=1S/C31H32FN5O6/c1-20-5-10-25(32)26(16-20)37-31(40)36-22-6-8-23(9-7-22)43-24-11-13-33-28(18-24)27-17-21(19-35-27)30(39)34-12-3-4-29(38)42-15-14-41-2/h5-11,13,16-19,35H,3-4,12,14-15H2,1-2H3,(H,34,39)(H2,36,37,40). The smallest absolute Gasteiger partial charge is 0.323 e. The third kappa shape index (κ3) is 9.40. The lowest BCUT2D eigenvalue weighted by Crippen LogP contribution is -2.24. The van der Waals surface area contributed by atoms with Crippen LogP contribution in [0, 0.1) is 12.7 Å². The summed E-state index contributed by atoms with van der Waals surface area (Å²) in [5.41, 5.74) is 3.01. The van der Waals surface area contributed by atoms with Crippen LogP contribution in [-0.4, -0.2) is 54.7 Å². The number of aryl methyl sites for hydroxylation is 1. The fraction of sp³-hybridized carbons (Fsp3) is 0.226. The molecule has 0 saturated heterocycles. The van der Waals surface area contributed by atoms with Crippen molar-refractivity contribution in [2.24, 2.45) is 0 Å². The fourth-order valence-electron chi connectivity index (χ4n) is 3.90. The Kier molecular flexibility index (Phi) is 10.8. The number of methoxy groups -OCH3 is 1. The molecule has 0 saturated carbocycles. The monoisotopic (exact) mass is 589 g/mol. The molecular formula is C31H32FN5O6. The van der Waals surface area contributed by atoms with Crippen LogP contribution in [0.2, 0.25) is 0 Å². The highest BCUT2D eigenvalue weighted by Gasteiger charge is 2.12. The SMILES string of the molecule is COCCOC(=O)CCCNC(=O)c1c[nH]c(-c2cc(Oc3ccc(NC(=O)Nc4cc(C)ccc4F)cc3)ccn2)c1. The van der Waals surface area contributed by atoms with E-state index in [2.05, 4.69) is 25.9 Å². The summed E-state index contributed by atoms with van der Waals surface area (Å²) in [7, 11) is 1.53. The van der Waals surface area contributed by atoms with E-state index in [9.17, 15) is 18.8 Å². The Labute approximate surface area is 247 Å². The molecule has 11 nitrogen and oxygen atoms in total. The molecule has 2 aromatic carbocycles. The van der Waals surface area contributed by atoms with E-state index in [1.54, 1.807) is 73.9 Å². The number of benzene rings is 2. The highest BCUT2D eigenvalue weighted by molar-refractivity contribution is 6.00. The number of halogens is 1. The van der Waals surface area contributed by atoms with E-state index in [1.807, 2.05) is 0 Å². The number of rotatable bonds is 13. The first-order valence-corrected chi connectivity index (χ1v) is 13.5. The zero-order chi connectivity index (χ0) is 30.6. The Morgan fingerprint density at radius 1 is 0.953 bits per heavy atom. The van der Waals surface area contributed by atoms with Gasteiger partial charge in [-0.25, -0.2) is 9.18 Å². The lowest BCUT2D eigenvalue weighted by atomic mass is 10.2. The van der Waals surface area contributed by atoms with E-state index in [0.29, 0.717) is 53.7 Å². The summed E-state index contributed by atoms with van der Waals surface area (Å²) in [6, 6.07) is 15.7. The van der Waals surface area contributed by atoms with Gasteiger partial charge in [-0.2, -0.15) is 0 Å². The van der Waals surface area contributed by atoms with Crippen LogP contribution in [0.25, 0.3) is 11.4 Å². The number of esters is 1. The summed E-state index contributed by atoms with van der Waals surface area (Å²) >= 11 is 0. The number of anilines is 2. The second-order valence-corrected chi connectivity index (χ2v) is 9.44. The normalized spacial score (nSPS) is 10.6. The van der Waals surface area contributed by atoms with Gasteiger partial charge in [0.05, 0.1) is 29.2 Å². The molecule has 0 aliphatic carbocycles. The molecule has 2 aromatic heterocycles. The molecular weight excluding hydrogens is 557 g/mol. The predicted molar refractivity (Wildman–Crippen MR) is 159 cm³/mol. The fourth-order valence-corrected chi connectivity index (χ4v) is 3.90. The average Bonchev–Trinajstić information content (AvgIpc) is 3.49. The molecule has 0 aliphatic heterocycles. The number of pyridine rings is 1. The number of aromatic nitrogens is 2. The molecule has 0 atom stereocenters. The van der Waals surface area contributed by atoms with Crippen molar-refractivity contribution < 1.29 is 33.0 Å². The van der Waals surface area contributed by atoms with Crippen molar-refractivity contribution in [1.82, 2.24) is 15.3 Å². The van der Waals surface area contributed by atoms with Crippen molar-refractivity contribution in [1.29, 1.82) is 0 Å². The first-order valence-electron chi connectivity index (χ1n) is 13.5. The molecule has 0 fully saturated rings. The molecule has 0 spiro atoms. The number of nitrogens with one attached hydrogen (secondary N) is 4. The Morgan fingerprint density at radius 2 is 1.77 bits per heavy atom. The van der Waals surface area contributed by atoms with Gasteiger partial charge in [-0.05, 0) is 67.4 Å². The van der Waals surface area contributed by atoms with Crippen molar-refractivity contribution >= 4 is 29.3 Å². The lowest BCUT2D eigenvalue weighted by molar-refractivity contribution is -0.145. The number of nitrogens with zero attached hydrogens (tertiary/aromatic N) is 1.